The van der Waals surface area contributed by atoms with Crippen LogP contribution < -0.4 is 0 Å². The first-order valence-electron chi connectivity index (χ1n) is 7.13. The summed E-state index contributed by atoms with van der Waals surface area (Å²) < 4.78 is 10.8. The van der Waals surface area contributed by atoms with Crippen molar-refractivity contribution in [2.75, 3.05) is 13.2 Å². The molecule has 1 heterocycles. The molecule has 3 atom stereocenters. The van der Waals surface area contributed by atoms with Crippen LogP contribution in [-0.2, 0) is 14.3 Å². The normalized spacial score (nSPS) is 30.7. The van der Waals surface area contributed by atoms with E-state index in [1.54, 1.807) is 26.8 Å². The molecule has 2 rings (SSSR count). The molecule has 1 saturated heterocycles. The second-order valence-electron chi connectivity index (χ2n) is 6.83. The minimum Gasteiger partial charge on any atom is -0.480 e. The number of ether oxygens (including phenoxy) is 2. The zero-order valence-electron chi connectivity index (χ0n) is 12.8. The van der Waals surface area contributed by atoms with Gasteiger partial charge in [0.1, 0.15) is 11.6 Å². The summed E-state index contributed by atoms with van der Waals surface area (Å²) in [5.74, 6) is -0.990. The summed E-state index contributed by atoms with van der Waals surface area (Å²) in [7, 11) is 0. The molecule has 0 aromatic rings. The van der Waals surface area contributed by atoms with Crippen LogP contribution in [0.25, 0.3) is 0 Å². The third-order valence-corrected chi connectivity index (χ3v) is 3.93. The fraction of sp³-hybridized carbons (Fsp3) is 0.733. The molecule has 6 heteroatoms. The first-order chi connectivity index (χ1) is 9.70. The average Bonchev–Trinajstić information content (AvgIpc) is 2.92. The number of piperidine rings is 1. The smallest absolute Gasteiger partial charge is 0.411 e. The van der Waals surface area contributed by atoms with Crippen LogP contribution in [0.4, 0.5) is 4.79 Å². The Morgan fingerprint density at radius 2 is 2.10 bits per heavy atom. The van der Waals surface area contributed by atoms with Crippen molar-refractivity contribution in [1.82, 2.24) is 4.90 Å². The van der Waals surface area contributed by atoms with E-state index in [9.17, 15) is 14.7 Å². The van der Waals surface area contributed by atoms with Gasteiger partial charge in [0.2, 0.25) is 0 Å². The fourth-order valence-corrected chi connectivity index (χ4v) is 2.97. The highest BCUT2D eigenvalue weighted by Crippen LogP contribution is 2.59. The van der Waals surface area contributed by atoms with Crippen LogP contribution >= 0.6 is 0 Å². The second kappa shape index (κ2) is 5.33. The lowest BCUT2D eigenvalue weighted by Crippen LogP contribution is -2.45. The molecule has 0 aromatic carbocycles. The summed E-state index contributed by atoms with van der Waals surface area (Å²) in [6.45, 7) is 9.77. The maximum atomic E-state index is 12.3. The third kappa shape index (κ3) is 3.20. The predicted molar refractivity (Wildman–Crippen MR) is 76.0 cm³/mol. The number of fused-ring (bicyclic) bond motifs is 1. The summed E-state index contributed by atoms with van der Waals surface area (Å²) in [6.07, 6.45) is 2.29. The molecule has 0 spiro atoms. The van der Waals surface area contributed by atoms with E-state index in [1.807, 2.05) is 0 Å². The van der Waals surface area contributed by atoms with E-state index in [0.29, 0.717) is 19.6 Å². The van der Waals surface area contributed by atoms with Gasteiger partial charge in [-0.3, -0.25) is 4.90 Å². The Kier molecular flexibility index (Phi) is 4.02. The van der Waals surface area contributed by atoms with Gasteiger partial charge in [0.15, 0.2) is 0 Å². The molecule has 1 saturated carbocycles. The van der Waals surface area contributed by atoms with Gasteiger partial charge in [-0.05, 0) is 33.6 Å². The number of amides is 1. The maximum absolute atomic E-state index is 12.3. The van der Waals surface area contributed by atoms with E-state index in [2.05, 4.69) is 6.58 Å². The molecule has 21 heavy (non-hydrogen) atoms. The van der Waals surface area contributed by atoms with Gasteiger partial charge in [0.05, 0.1) is 13.2 Å². The van der Waals surface area contributed by atoms with Gasteiger partial charge < -0.3 is 14.6 Å². The van der Waals surface area contributed by atoms with Gasteiger partial charge in [0, 0.05) is 11.5 Å². The Morgan fingerprint density at radius 1 is 1.43 bits per heavy atom. The number of carbonyl (C=O) groups excluding carboxylic acids is 1. The highest BCUT2D eigenvalue weighted by Gasteiger charge is 2.68. The Morgan fingerprint density at radius 3 is 2.62 bits per heavy atom. The van der Waals surface area contributed by atoms with Crippen molar-refractivity contribution in [3.05, 3.63) is 12.7 Å². The van der Waals surface area contributed by atoms with Gasteiger partial charge in [-0.2, -0.15) is 0 Å². The topological polar surface area (TPSA) is 76.1 Å². The fourth-order valence-electron chi connectivity index (χ4n) is 2.97. The van der Waals surface area contributed by atoms with E-state index in [-0.39, 0.29) is 11.5 Å². The van der Waals surface area contributed by atoms with Crippen molar-refractivity contribution >= 4 is 12.1 Å². The summed E-state index contributed by atoms with van der Waals surface area (Å²) >= 11 is 0. The molecule has 1 amide bonds. The number of hydrogen-bond acceptors (Lipinski definition) is 4. The van der Waals surface area contributed by atoms with Crippen LogP contribution in [0.3, 0.4) is 0 Å². The molecule has 1 aliphatic heterocycles. The molecule has 0 radical (unpaired) electrons. The van der Waals surface area contributed by atoms with Gasteiger partial charge >= 0.3 is 12.1 Å². The molecular formula is C15H23NO5. The molecule has 1 unspecified atom stereocenters. The molecule has 118 valence electrons. The first-order valence-corrected chi connectivity index (χ1v) is 7.13. The lowest BCUT2D eigenvalue weighted by atomic mass is 10.0. The number of carbonyl (C=O) groups is 2. The monoisotopic (exact) mass is 297 g/mol. The van der Waals surface area contributed by atoms with Crippen molar-refractivity contribution in [1.29, 1.82) is 0 Å². The zero-order chi connectivity index (χ0) is 15.8. The second-order valence-corrected chi connectivity index (χ2v) is 6.83. The molecule has 0 aromatic heterocycles. The van der Waals surface area contributed by atoms with Crippen molar-refractivity contribution < 1.29 is 24.2 Å². The Bertz CT molecular complexity index is 455. The van der Waals surface area contributed by atoms with E-state index in [4.69, 9.17) is 9.47 Å². The molecule has 1 N–H and O–H groups in total. The van der Waals surface area contributed by atoms with Crippen molar-refractivity contribution in [2.45, 2.75) is 51.3 Å². The Labute approximate surface area is 124 Å². The van der Waals surface area contributed by atoms with E-state index >= 15 is 0 Å². The minimum absolute atomic E-state index is 0.0988. The lowest BCUT2D eigenvalue weighted by molar-refractivity contribution is -0.142. The van der Waals surface area contributed by atoms with Gasteiger partial charge in [0.25, 0.3) is 0 Å². The van der Waals surface area contributed by atoms with Gasteiger partial charge in [-0.25, -0.2) is 9.59 Å². The first kappa shape index (κ1) is 15.8. The Hall–Kier alpha value is -1.56. The number of nitrogens with zero attached hydrogens (tertiary/aromatic N) is 1. The molecular weight excluding hydrogens is 274 g/mol. The van der Waals surface area contributed by atoms with Crippen LogP contribution in [-0.4, -0.2) is 53.0 Å². The standard InChI is InChI=1S/C15H23NO5/c1-5-6-20-9-15-7-10(12(17)18)16(11(15)8-15)13(19)21-14(2,3)4/h5,10-11H,1,6-9H2,2-4H3,(H,17,18)/t10-,11?,15-/m0/s1. The molecule has 2 fully saturated rings. The van der Waals surface area contributed by atoms with Gasteiger partial charge in [-0.1, -0.05) is 6.08 Å². The maximum Gasteiger partial charge on any atom is 0.411 e. The van der Waals surface area contributed by atoms with Crippen LogP contribution in [0.2, 0.25) is 0 Å². The summed E-state index contributed by atoms with van der Waals surface area (Å²) in [5.41, 5.74) is -0.872. The average molecular weight is 297 g/mol. The molecule has 0 bridgehead atoms. The number of rotatable bonds is 5. The number of hydrogen-bond donors (Lipinski definition) is 1. The van der Waals surface area contributed by atoms with Crippen LogP contribution in [0.5, 0.6) is 0 Å². The number of carboxylic acids is 1. The molecule has 2 aliphatic rings. The lowest BCUT2D eigenvalue weighted by Gasteiger charge is -2.28. The highest BCUT2D eigenvalue weighted by atomic mass is 16.6. The molecule has 1 aliphatic carbocycles. The largest absolute Gasteiger partial charge is 0.480 e. The zero-order valence-corrected chi connectivity index (χ0v) is 12.8. The SMILES string of the molecule is C=CCOC[C@]12CC1N(C(=O)OC(C)(C)C)[C@H](C(=O)O)C2. The number of carboxylic acid groups (broad SMARTS) is 1. The van der Waals surface area contributed by atoms with Crippen molar-refractivity contribution in [2.24, 2.45) is 5.41 Å². The highest BCUT2D eigenvalue weighted by molar-refractivity contribution is 5.82. The molecule has 6 nitrogen and oxygen atoms in total. The predicted octanol–water partition coefficient (Wildman–Crippen LogP) is 2.04. The van der Waals surface area contributed by atoms with Gasteiger partial charge in [-0.15, -0.1) is 6.58 Å². The van der Waals surface area contributed by atoms with E-state index in [0.717, 1.165) is 6.42 Å². The van der Waals surface area contributed by atoms with Crippen molar-refractivity contribution in [3.8, 4) is 0 Å². The Balaban J connectivity index is 2.08. The number of likely N-dealkylation sites (tertiary alicyclic amines) is 1. The quantitative estimate of drug-likeness (QED) is 0.621. The summed E-state index contributed by atoms with van der Waals surface area (Å²) in [5, 5.41) is 9.35. The third-order valence-electron chi connectivity index (χ3n) is 3.93. The summed E-state index contributed by atoms with van der Waals surface area (Å²) in [6, 6.07) is -0.927. The van der Waals surface area contributed by atoms with E-state index < -0.39 is 23.7 Å². The summed E-state index contributed by atoms with van der Waals surface area (Å²) in [4.78, 5) is 25.1. The minimum atomic E-state index is -0.990. The van der Waals surface area contributed by atoms with Crippen LogP contribution in [0.1, 0.15) is 33.6 Å². The van der Waals surface area contributed by atoms with Crippen LogP contribution in [0.15, 0.2) is 12.7 Å². The van der Waals surface area contributed by atoms with Crippen molar-refractivity contribution in [3.63, 3.8) is 0 Å². The van der Waals surface area contributed by atoms with Crippen LogP contribution in [0, 0.1) is 5.41 Å². The number of aliphatic carboxylic acids is 1. The van der Waals surface area contributed by atoms with E-state index in [1.165, 1.54) is 4.90 Å².